The van der Waals surface area contributed by atoms with Crippen LogP contribution >= 0.6 is 0 Å². The van der Waals surface area contributed by atoms with Crippen LogP contribution in [0, 0.1) is 10.8 Å². The number of ketones is 2. The maximum atomic E-state index is 11.5. The van der Waals surface area contributed by atoms with Crippen molar-refractivity contribution in [3.05, 3.63) is 0 Å². The van der Waals surface area contributed by atoms with Gasteiger partial charge < -0.3 is 0 Å². The third-order valence-electron chi connectivity index (χ3n) is 1.99. The first-order valence-corrected chi connectivity index (χ1v) is 4.62. The van der Waals surface area contributed by atoms with Gasteiger partial charge in [0.05, 0.1) is 6.42 Å². The summed E-state index contributed by atoms with van der Waals surface area (Å²) in [5.74, 6) is 0.0415. The van der Waals surface area contributed by atoms with Crippen molar-refractivity contribution in [3.63, 3.8) is 0 Å². The molecule has 3 heteroatoms. The molecule has 2 nitrogen and oxygen atoms in total. The van der Waals surface area contributed by atoms with Crippen LogP contribution in [-0.2, 0) is 9.59 Å². The average Bonchev–Trinajstić information content (AvgIpc) is 1.82. The third-order valence-corrected chi connectivity index (χ3v) is 1.99. The fourth-order valence-electron chi connectivity index (χ4n) is 0.676. The average molecular weight is 192 g/mol. The zero-order chi connectivity index (χ0) is 10.9. The van der Waals surface area contributed by atoms with Crippen molar-refractivity contribution in [1.29, 1.82) is 0 Å². The van der Waals surface area contributed by atoms with Gasteiger partial charge in [-0.3, -0.25) is 9.59 Å². The molecular formula is C11H21LiO2. The summed E-state index contributed by atoms with van der Waals surface area (Å²) >= 11 is 0. The molecule has 0 radical (unpaired) electrons. The number of carbonyl (C=O) groups excluding carboxylic acids is 2. The van der Waals surface area contributed by atoms with E-state index in [-0.39, 0.29) is 36.8 Å². The van der Waals surface area contributed by atoms with E-state index in [2.05, 4.69) is 0 Å². The molecule has 0 bridgehead atoms. The summed E-state index contributed by atoms with van der Waals surface area (Å²) in [6, 6.07) is 0. The van der Waals surface area contributed by atoms with E-state index in [1.807, 2.05) is 41.5 Å². The van der Waals surface area contributed by atoms with Crippen LogP contribution in [0.1, 0.15) is 48.0 Å². The van der Waals surface area contributed by atoms with Gasteiger partial charge in [0.1, 0.15) is 11.6 Å². The Kier molecular flexibility index (Phi) is 6.01. The Morgan fingerprint density at radius 3 is 1.14 bits per heavy atom. The van der Waals surface area contributed by atoms with Gasteiger partial charge in [0, 0.05) is 10.8 Å². The van der Waals surface area contributed by atoms with Gasteiger partial charge >= 0.3 is 18.9 Å². The molecule has 0 unspecified atom stereocenters. The molecule has 14 heavy (non-hydrogen) atoms. The molecule has 0 rings (SSSR count). The monoisotopic (exact) mass is 192 g/mol. The molecule has 0 aliphatic heterocycles. The van der Waals surface area contributed by atoms with Gasteiger partial charge in [0.25, 0.3) is 0 Å². The molecule has 0 saturated carbocycles. The third kappa shape index (κ3) is 5.62. The molecule has 0 spiro atoms. The van der Waals surface area contributed by atoms with Crippen LogP contribution in [-0.4, -0.2) is 30.4 Å². The molecular weight excluding hydrogens is 171 g/mol. The zero-order valence-corrected chi connectivity index (χ0v) is 9.52. The predicted molar refractivity (Wildman–Crippen MR) is 60.7 cm³/mol. The summed E-state index contributed by atoms with van der Waals surface area (Å²) in [6.45, 7) is 11.0. The van der Waals surface area contributed by atoms with Crippen molar-refractivity contribution in [2.75, 3.05) is 0 Å². The fourth-order valence-corrected chi connectivity index (χ4v) is 0.676. The van der Waals surface area contributed by atoms with Crippen LogP contribution in [0.2, 0.25) is 0 Å². The first-order valence-electron chi connectivity index (χ1n) is 4.62. The molecule has 0 N–H and O–H groups in total. The maximum absolute atomic E-state index is 11.5. The molecule has 0 heterocycles. The zero-order valence-electron chi connectivity index (χ0n) is 9.52. The molecule has 0 aromatic heterocycles. The Morgan fingerprint density at radius 2 is 1.00 bits per heavy atom. The standard InChI is InChI=1S/C11H20O2.Li.H/c1-10(2,3)8(12)7-9(13)11(4,5)6;;/h7H2,1-6H3;;. The number of hydrogen-bond acceptors (Lipinski definition) is 2. The van der Waals surface area contributed by atoms with Crippen molar-refractivity contribution in [1.82, 2.24) is 0 Å². The van der Waals surface area contributed by atoms with Gasteiger partial charge in [-0.1, -0.05) is 41.5 Å². The Hall–Kier alpha value is -0.0626. The second-order valence-corrected chi connectivity index (χ2v) is 5.52. The second kappa shape index (κ2) is 5.14. The number of Topliss-reactive ketones (excluding diaryl/α,β-unsaturated/α-hetero) is 2. The van der Waals surface area contributed by atoms with Crippen LogP contribution in [0.3, 0.4) is 0 Å². The summed E-state index contributed by atoms with van der Waals surface area (Å²) in [5, 5.41) is 0. The summed E-state index contributed by atoms with van der Waals surface area (Å²) in [4.78, 5) is 23.0. The first kappa shape index (κ1) is 16.4. The van der Waals surface area contributed by atoms with E-state index < -0.39 is 10.8 Å². The van der Waals surface area contributed by atoms with Gasteiger partial charge in [-0.25, -0.2) is 0 Å². The molecule has 0 fully saturated rings. The van der Waals surface area contributed by atoms with E-state index in [0.29, 0.717) is 0 Å². The summed E-state index contributed by atoms with van der Waals surface area (Å²) in [7, 11) is 0. The molecule has 0 atom stereocenters. The van der Waals surface area contributed by atoms with E-state index in [1.165, 1.54) is 0 Å². The Labute approximate surface area is 99.0 Å². The van der Waals surface area contributed by atoms with Crippen LogP contribution in [0.4, 0.5) is 0 Å². The van der Waals surface area contributed by atoms with E-state index in [1.54, 1.807) is 0 Å². The summed E-state index contributed by atoms with van der Waals surface area (Å²) in [5.41, 5.74) is -0.804. The van der Waals surface area contributed by atoms with Crippen LogP contribution in [0.15, 0.2) is 0 Å². The quantitative estimate of drug-likeness (QED) is 0.495. The van der Waals surface area contributed by atoms with Gasteiger partial charge in [-0.15, -0.1) is 0 Å². The van der Waals surface area contributed by atoms with E-state index in [0.717, 1.165) is 0 Å². The number of rotatable bonds is 2. The van der Waals surface area contributed by atoms with E-state index in [9.17, 15) is 9.59 Å². The van der Waals surface area contributed by atoms with Crippen molar-refractivity contribution in [2.24, 2.45) is 10.8 Å². The minimum absolute atomic E-state index is 0. The molecule has 0 aromatic carbocycles. The Morgan fingerprint density at radius 1 is 0.786 bits per heavy atom. The molecule has 0 aliphatic carbocycles. The summed E-state index contributed by atoms with van der Waals surface area (Å²) in [6.07, 6.45) is 0.0625. The van der Waals surface area contributed by atoms with Crippen molar-refractivity contribution < 1.29 is 9.59 Å². The topological polar surface area (TPSA) is 34.1 Å². The molecule has 0 saturated heterocycles. The van der Waals surface area contributed by atoms with Crippen molar-refractivity contribution in [3.8, 4) is 0 Å². The van der Waals surface area contributed by atoms with Gasteiger partial charge in [-0.05, 0) is 0 Å². The van der Waals surface area contributed by atoms with Crippen molar-refractivity contribution >= 4 is 30.4 Å². The van der Waals surface area contributed by atoms with Gasteiger partial charge in [-0.2, -0.15) is 0 Å². The Bertz CT molecular complexity index is 194. The van der Waals surface area contributed by atoms with Gasteiger partial charge in [0.15, 0.2) is 0 Å². The van der Waals surface area contributed by atoms with E-state index >= 15 is 0 Å². The predicted octanol–water partition coefficient (Wildman–Crippen LogP) is 1.96. The number of carbonyl (C=O) groups is 2. The molecule has 0 aliphatic rings. The normalized spacial score (nSPS) is 11.9. The minimum atomic E-state index is -0.402. The Balaban J connectivity index is 0. The summed E-state index contributed by atoms with van der Waals surface area (Å²) < 4.78 is 0. The molecule has 0 amide bonds. The second-order valence-electron chi connectivity index (χ2n) is 5.52. The van der Waals surface area contributed by atoms with Crippen LogP contribution < -0.4 is 0 Å². The van der Waals surface area contributed by atoms with E-state index in [4.69, 9.17) is 0 Å². The SMILES string of the molecule is CC(C)(C)C(=O)CC(=O)C(C)(C)C.[LiH]. The number of hydrogen-bond donors (Lipinski definition) is 0. The van der Waals surface area contributed by atoms with Crippen molar-refractivity contribution in [2.45, 2.75) is 48.0 Å². The van der Waals surface area contributed by atoms with Crippen LogP contribution in [0.5, 0.6) is 0 Å². The molecule has 78 valence electrons. The molecule has 0 aromatic rings. The van der Waals surface area contributed by atoms with Crippen LogP contribution in [0.25, 0.3) is 0 Å². The first-order chi connectivity index (χ1) is 5.55. The fraction of sp³-hybridized carbons (Fsp3) is 0.818. The van der Waals surface area contributed by atoms with Gasteiger partial charge in [0.2, 0.25) is 0 Å².